The van der Waals surface area contributed by atoms with Crippen LogP contribution in [0.2, 0.25) is 0 Å². The second kappa shape index (κ2) is 9.37. The van der Waals surface area contributed by atoms with Crippen LogP contribution in [0.4, 0.5) is 4.79 Å². The summed E-state index contributed by atoms with van der Waals surface area (Å²) >= 11 is 0. The first-order chi connectivity index (χ1) is 13.6. The summed E-state index contributed by atoms with van der Waals surface area (Å²) in [6.07, 6.45) is 0.301. The Morgan fingerprint density at radius 3 is 2.36 bits per heavy atom. The Morgan fingerprint density at radius 2 is 1.75 bits per heavy atom. The molecule has 2 aromatic carbocycles. The van der Waals surface area contributed by atoms with Gasteiger partial charge in [-0.25, -0.2) is 4.79 Å². The van der Waals surface area contributed by atoms with E-state index in [4.69, 9.17) is 9.47 Å². The molecule has 1 aliphatic rings. The molecule has 1 fully saturated rings. The molecule has 0 aromatic heterocycles. The van der Waals surface area contributed by atoms with Crippen LogP contribution in [0.15, 0.2) is 60.7 Å². The van der Waals surface area contributed by atoms with E-state index in [1.165, 1.54) is 4.90 Å². The van der Waals surface area contributed by atoms with E-state index >= 15 is 0 Å². The van der Waals surface area contributed by atoms with Gasteiger partial charge in [-0.2, -0.15) is 0 Å². The quantitative estimate of drug-likeness (QED) is 0.770. The van der Waals surface area contributed by atoms with Crippen LogP contribution in [0.25, 0.3) is 0 Å². The van der Waals surface area contributed by atoms with Crippen molar-refractivity contribution >= 4 is 12.0 Å². The molecule has 0 saturated carbocycles. The summed E-state index contributed by atoms with van der Waals surface area (Å²) in [5.74, 6) is -0.120. The number of nitrogens with zero attached hydrogens (tertiary/aromatic N) is 2. The van der Waals surface area contributed by atoms with Crippen molar-refractivity contribution in [2.75, 3.05) is 27.2 Å². The fourth-order valence-electron chi connectivity index (χ4n) is 3.39. The van der Waals surface area contributed by atoms with Gasteiger partial charge in [-0.1, -0.05) is 60.7 Å². The summed E-state index contributed by atoms with van der Waals surface area (Å²) in [6, 6.07) is 18.1. The molecule has 148 valence electrons. The van der Waals surface area contributed by atoms with Crippen molar-refractivity contribution in [3.05, 3.63) is 71.8 Å². The average Bonchev–Trinajstić information content (AvgIpc) is 3.23. The minimum atomic E-state index is -0.736. The van der Waals surface area contributed by atoms with Gasteiger partial charge in [-0.15, -0.1) is 0 Å². The summed E-state index contributed by atoms with van der Waals surface area (Å²) in [6.45, 7) is 1.31. The lowest BCUT2D eigenvalue weighted by Gasteiger charge is -2.30. The second-order valence-corrected chi connectivity index (χ2v) is 6.89. The highest BCUT2D eigenvalue weighted by Crippen LogP contribution is 2.25. The Morgan fingerprint density at radius 1 is 1.11 bits per heavy atom. The van der Waals surface area contributed by atoms with Crippen LogP contribution in [-0.4, -0.2) is 55.2 Å². The number of methoxy groups -OCH3 is 1. The van der Waals surface area contributed by atoms with Gasteiger partial charge in [0.15, 0.2) is 0 Å². The minimum Gasteiger partial charge on any atom is -0.445 e. The van der Waals surface area contributed by atoms with E-state index < -0.39 is 12.1 Å². The largest absolute Gasteiger partial charge is 0.445 e. The summed E-state index contributed by atoms with van der Waals surface area (Å²) in [5, 5.41) is 0. The maximum absolute atomic E-state index is 13.2. The van der Waals surface area contributed by atoms with E-state index in [2.05, 4.69) is 0 Å². The molecule has 1 aliphatic heterocycles. The van der Waals surface area contributed by atoms with Gasteiger partial charge < -0.3 is 14.4 Å². The van der Waals surface area contributed by atoms with Gasteiger partial charge in [0.2, 0.25) is 5.91 Å². The van der Waals surface area contributed by atoms with E-state index in [-0.39, 0.29) is 18.6 Å². The van der Waals surface area contributed by atoms with E-state index in [0.717, 1.165) is 17.5 Å². The van der Waals surface area contributed by atoms with Gasteiger partial charge in [0.25, 0.3) is 0 Å². The molecule has 2 aromatic rings. The highest BCUT2D eigenvalue weighted by molar-refractivity contribution is 5.87. The number of hydrogen-bond acceptors (Lipinski definition) is 4. The summed E-state index contributed by atoms with van der Waals surface area (Å²) in [4.78, 5) is 29.1. The van der Waals surface area contributed by atoms with Crippen LogP contribution in [0.1, 0.15) is 23.6 Å². The Labute approximate surface area is 165 Å². The molecular weight excluding hydrogens is 356 g/mol. The SMILES string of the molecule is CO[C@H]1CCN(C(=O)[C@H](c2ccccc2)N(C)C(=O)OCc2ccccc2)C1. The van der Waals surface area contributed by atoms with Crippen molar-refractivity contribution in [2.24, 2.45) is 0 Å². The van der Waals surface area contributed by atoms with E-state index in [1.807, 2.05) is 60.7 Å². The number of carbonyl (C=O) groups is 2. The van der Waals surface area contributed by atoms with Gasteiger partial charge in [0, 0.05) is 27.2 Å². The van der Waals surface area contributed by atoms with Crippen molar-refractivity contribution < 1.29 is 19.1 Å². The van der Waals surface area contributed by atoms with Gasteiger partial charge in [0.1, 0.15) is 12.6 Å². The smallest absolute Gasteiger partial charge is 0.410 e. The number of ether oxygens (including phenoxy) is 2. The number of likely N-dealkylation sites (tertiary alicyclic amines) is 1. The number of rotatable bonds is 6. The maximum Gasteiger partial charge on any atom is 0.410 e. The molecular formula is C22H26N2O4. The molecule has 2 amide bonds. The van der Waals surface area contributed by atoms with Crippen LogP contribution >= 0.6 is 0 Å². The van der Waals surface area contributed by atoms with Crippen molar-refractivity contribution in [3.8, 4) is 0 Å². The van der Waals surface area contributed by atoms with Crippen LogP contribution in [0, 0.1) is 0 Å². The Bertz CT molecular complexity index is 782. The standard InChI is InChI=1S/C22H26N2O4/c1-23(22(26)28-16-17-9-5-3-6-10-17)20(18-11-7-4-8-12-18)21(25)24-14-13-19(15-24)27-2/h3-12,19-20H,13-16H2,1-2H3/t19-,20-/m0/s1. The van der Waals surface area contributed by atoms with Crippen LogP contribution in [-0.2, 0) is 20.9 Å². The van der Waals surface area contributed by atoms with Crippen molar-refractivity contribution in [3.63, 3.8) is 0 Å². The predicted molar refractivity (Wildman–Crippen MR) is 106 cm³/mol. The van der Waals surface area contributed by atoms with Crippen molar-refractivity contribution in [1.82, 2.24) is 9.80 Å². The summed E-state index contributed by atoms with van der Waals surface area (Å²) < 4.78 is 10.8. The molecule has 0 radical (unpaired) electrons. The molecule has 2 atom stereocenters. The number of carbonyl (C=O) groups excluding carboxylic acids is 2. The lowest BCUT2D eigenvalue weighted by Crippen LogP contribution is -2.43. The predicted octanol–water partition coefficient (Wildman–Crippen LogP) is 3.24. The first-order valence-electron chi connectivity index (χ1n) is 9.40. The maximum atomic E-state index is 13.2. The molecule has 28 heavy (non-hydrogen) atoms. The lowest BCUT2D eigenvalue weighted by atomic mass is 10.0. The number of hydrogen-bond donors (Lipinski definition) is 0. The molecule has 1 heterocycles. The molecule has 6 heteroatoms. The zero-order valence-electron chi connectivity index (χ0n) is 16.3. The van der Waals surface area contributed by atoms with E-state index in [1.54, 1.807) is 19.1 Å². The van der Waals surface area contributed by atoms with Gasteiger partial charge in [-0.05, 0) is 17.5 Å². The highest BCUT2D eigenvalue weighted by Gasteiger charge is 2.36. The highest BCUT2D eigenvalue weighted by atomic mass is 16.6. The van der Waals surface area contributed by atoms with Gasteiger partial charge >= 0.3 is 6.09 Å². The summed E-state index contributed by atoms with van der Waals surface area (Å²) in [5.41, 5.74) is 1.65. The first-order valence-corrected chi connectivity index (χ1v) is 9.40. The zero-order chi connectivity index (χ0) is 19.9. The van der Waals surface area contributed by atoms with Crippen molar-refractivity contribution in [1.29, 1.82) is 0 Å². The Balaban J connectivity index is 1.74. The van der Waals surface area contributed by atoms with Crippen molar-refractivity contribution in [2.45, 2.75) is 25.2 Å². The molecule has 3 rings (SSSR count). The molecule has 0 aliphatic carbocycles. The Hall–Kier alpha value is -2.86. The molecule has 1 saturated heterocycles. The third-order valence-corrected chi connectivity index (χ3v) is 5.02. The fraction of sp³-hybridized carbons (Fsp3) is 0.364. The molecule has 6 nitrogen and oxygen atoms in total. The number of benzene rings is 2. The minimum absolute atomic E-state index is 0.0377. The first kappa shape index (κ1) is 19.9. The normalized spacial score (nSPS) is 17.2. The van der Waals surface area contributed by atoms with Crippen LogP contribution in [0.5, 0.6) is 0 Å². The number of amides is 2. The van der Waals surface area contributed by atoms with Crippen LogP contribution < -0.4 is 0 Å². The second-order valence-electron chi connectivity index (χ2n) is 6.89. The van der Waals surface area contributed by atoms with E-state index in [0.29, 0.717) is 13.1 Å². The molecule has 0 spiro atoms. The molecule has 0 unspecified atom stereocenters. The zero-order valence-corrected chi connectivity index (χ0v) is 16.3. The summed E-state index contributed by atoms with van der Waals surface area (Å²) in [7, 11) is 3.26. The van der Waals surface area contributed by atoms with Crippen LogP contribution in [0.3, 0.4) is 0 Å². The van der Waals surface area contributed by atoms with Gasteiger partial charge in [0.05, 0.1) is 6.10 Å². The number of likely N-dealkylation sites (N-methyl/N-ethyl adjacent to an activating group) is 1. The topological polar surface area (TPSA) is 59.1 Å². The molecule has 0 bridgehead atoms. The third kappa shape index (κ3) is 4.70. The molecule has 0 N–H and O–H groups in total. The monoisotopic (exact) mass is 382 g/mol. The fourth-order valence-corrected chi connectivity index (χ4v) is 3.39. The van der Waals surface area contributed by atoms with Gasteiger partial charge in [-0.3, -0.25) is 9.69 Å². The van der Waals surface area contributed by atoms with E-state index in [9.17, 15) is 9.59 Å². The lowest BCUT2D eigenvalue weighted by molar-refractivity contribution is -0.135. The Kier molecular flexibility index (Phi) is 6.66. The average molecular weight is 382 g/mol. The third-order valence-electron chi connectivity index (χ3n) is 5.02.